The maximum absolute atomic E-state index is 13.3. The smallest absolute Gasteiger partial charge is 0.414 e. The van der Waals surface area contributed by atoms with E-state index in [0.29, 0.717) is 38.2 Å². The number of ether oxygens (including phenoxy) is 1. The first-order chi connectivity index (χ1) is 14.8. The predicted octanol–water partition coefficient (Wildman–Crippen LogP) is 4.18. The minimum absolute atomic E-state index is 0.118. The van der Waals surface area contributed by atoms with Crippen LogP contribution in [0.15, 0.2) is 18.2 Å². The van der Waals surface area contributed by atoms with Gasteiger partial charge in [-0.1, -0.05) is 29.3 Å². The van der Waals surface area contributed by atoms with E-state index in [1.165, 1.54) is 9.80 Å². The third kappa shape index (κ3) is 4.66. The number of anilines is 1. The highest BCUT2D eigenvalue weighted by molar-refractivity contribution is 6.37. The second-order valence-corrected chi connectivity index (χ2v) is 9.38. The van der Waals surface area contributed by atoms with Crippen molar-refractivity contribution in [2.75, 3.05) is 18.5 Å². The molecule has 0 unspecified atom stereocenters. The summed E-state index contributed by atoms with van der Waals surface area (Å²) < 4.78 is 5.52. The summed E-state index contributed by atoms with van der Waals surface area (Å²) in [6.07, 6.45) is -0.617. The summed E-state index contributed by atoms with van der Waals surface area (Å²) >= 11 is 12.6. The minimum atomic E-state index is -0.727. The van der Waals surface area contributed by atoms with Crippen molar-refractivity contribution in [2.45, 2.75) is 39.8 Å². The molecular formula is C22H24Cl2N4O4. The van der Waals surface area contributed by atoms with Crippen LogP contribution in [0, 0.1) is 6.92 Å². The normalized spacial score (nSPS) is 13.2. The number of carbonyl (C=O) groups excluding carboxylic acids is 3. The van der Waals surface area contributed by atoms with Gasteiger partial charge in [0.05, 0.1) is 29.2 Å². The van der Waals surface area contributed by atoms with Crippen LogP contribution in [-0.2, 0) is 16.1 Å². The number of fused-ring (bicyclic) bond motifs is 1. The molecule has 3 amide bonds. The molecule has 0 fully saturated rings. The van der Waals surface area contributed by atoms with Gasteiger partial charge in [-0.15, -0.1) is 0 Å². The number of amides is 3. The van der Waals surface area contributed by atoms with Crippen LogP contribution < -0.4 is 10.6 Å². The van der Waals surface area contributed by atoms with Crippen molar-refractivity contribution < 1.29 is 19.1 Å². The van der Waals surface area contributed by atoms with Gasteiger partial charge in [0.15, 0.2) is 0 Å². The summed E-state index contributed by atoms with van der Waals surface area (Å²) in [6, 6.07) is 4.87. The van der Waals surface area contributed by atoms with Crippen LogP contribution in [0.4, 0.5) is 10.5 Å². The van der Waals surface area contributed by atoms with Crippen LogP contribution in [0.1, 0.15) is 42.5 Å². The maximum atomic E-state index is 13.3. The van der Waals surface area contributed by atoms with Crippen molar-refractivity contribution in [2.24, 2.45) is 5.73 Å². The summed E-state index contributed by atoms with van der Waals surface area (Å²) in [5.41, 5.74) is 7.08. The number of primary amides is 1. The summed E-state index contributed by atoms with van der Waals surface area (Å²) in [5.74, 6) is -1.06. The van der Waals surface area contributed by atoms with Crippen LogP contribution in [0.25, 0.3) is 11.1 Å². The molecule has 1 aromatic carbocycles. The van der Waals surface area contributed by atoms with Crippen molar-refractivity contribution in [3.63, 3.8) is 0 Å². The van der Waals surface area contributed by atoms with E-state index in [4.69, 9.17) is 33.7 Å². The predicted molar refractivity (Wildman–Crippen MR) is 123 cm³/mol. The number of aromatic nitrogens is 1. The van der Waals surface area contributed by atoms with Crippen LogP contribution in [-0.4, -0.2) is 47.0 Å². The van der Waals surface area contributed by atoms with Gasteiger partial charge in [-0.3, -0.25) is 19.5 Å². The molecule has 2 aromatic rings. The average Bonchev–Trinajstić information content (AvgIpc) is 2.93. The van der Waals surface area contributed by atoms with E-state index in [1.807, 2.05) is 0 Å². The number of halogens is 2. The second kappa shape index (κ2) is 8.60. The highest BCUT2D eigenvalue weighted by Crippen LogP contribution is 2.43. The number of aryl methyl sites for hydroxylation is 1. The maximum Gasteiger partial charge on any atom is 0.414 e. The molecule has 3 rings (SSSR count). The van der Waals surface area contributed by atoms with Gasteiger partial charge in [0.1, 0.15) is 12.1 Å². The van der Waals surface area contributed by atoms with E-state index < -0.39 is 23.5 Å². The Morgan fingerprint density at radius 2 is 1.91 bits per heavy atom. The van der Waals surface area contributed by atoms with Crippen molar-refractivity contribution in [1.82, 2.24) is 9.88 Å². The molecule has 10 heteroatoms. The van der Waals surface area contributed by atoms with Crippen molar-refractivity contribution in [3.05, 3.63) is 45.2 Å². The van der Waals surface area contributed by atoms with Gasteiger partial charge < -0.3 is 15.4 Å². The van der Waals surface area contributed by atoms with E-state index in [1.54, 1.807) is 52.9 Å². The van der Waals surface area contributed by atoms with Gasteiger partial charge in [-0.2, -0.15) is 0 Å². The third-order valence-corrected chi connectivity index (χ3v) is 5.36. The fourth-order valence-corrected chi connectivity index (χ4v) is 4.12. The zero-order valence-corrected chi connectivity index (χ0v) is 20.0. The van der Waals surface area contributed by atoms with E-state index in [-0.39, 0.29) is 18.7 Å². The number of carbonyl (C=O) groups is 3. The topological polar surface area (TPSA) is 106 Å². The van der Waals surface area contributed by atoms with E-state index >= 15 is 0 Å². The quantitative estimate of drug-likeness (QED) is 0.709. The minimum Gasteiger partial charge on any atom is -0.443 e. The molecular weight excluding hydrogens is 455 g/mol. The molecule has 0 atom stereocenters. The first-order valence-electron chi connectivity index (χ1n) is 9.83. The Balaban J connectivity index is 2.27. The lowest BCUT2D eigenvalue weighted by atomic mass is 9.95. The highest BCUT2D eigenvalue weighted by Gasteiger charge is 2.37. The monoisotopic (exact) mass is 478 g/mol. The zero-order chi connectivity index (χ0) is 24.0. The summed E-state index contributed by atoms with van der Waals surface area (Å²) in [4.78, 5) is 44.8. The molecule has 1 aliphatic heterocycles. The van der Waals surface area contributed by atoms with Crippen molar-refractivity contribution in [3.8, 4) is 11.1 Å². The molecule has 8 nitrogen and oxygen atoms in total. The molecule has 170 valence electrons. The van der Waals surface area contributed by atoms with Gasteiger partial charge in [-0.05, 0) is 39.8 Å². The fourth-order valence-electron chi connectivity index (χ4n) is 3.61. The standard InChI is InChI=1S/C22H24Cl2N4O4/c1-11-19(27(5)21(31)32-22(2,3)4)17(13-7-6-12(23)8-14(13)24)18-15(26-11)9-28(20(18)30)10-16(25)29/h6-8H,9-10H2,1-5H3,(H2,25,29). The Morgan fingerprint density at radius 1 is 1.25 bits per heavy atom. The molecule has 0 bridgehead atoms. The summed E-state index contributed by atoms with van der Waals surface area (Å²) in [6.45, 7) is 6.87. The molecule has 0 radical (unpaired) electrons. The fraction of sp³-hybridized carbons (Fsp3) is 0.364. The van der Waals surface area contributed by atoms with Crippen molar-refractivity contribution >= 4 is 46.8 Å². The lowest BCUT2D eigenvalue weighted by Gasteiger charge is -2.28. The Labute approximate surface area is 196 Å². The zero-order valence-electron chi connectivity index (χ0n) is 18.5. The highest BCUT2D eigenvalue weighted by atomic mass is 35.5. The van der Waals surface area contributed by atoms with Crippen LogP contribution in [0.3, 0.4) is 0 Å². The molecule has 1 aliphatic rings. The van der Waals surface area contributed by atoms with Gasteiger partial charge in [0, 0.05) is 28.2 Å². The number of nitrogens with two attached hydrogens (primary N) is 1. The molecule has 0 saturated carbocycles. The SMILES string of the molecule is Cc1nc2c(c(-c3ccc(Cl)cc3Cl)c1N(C)C(=O)OC(C)(C)C)C(=O)N(CC(N)=O)C2. The molecule has 1 aromatic heterocycles. The molecule has 0 spiro atoms. The number of nitrogens with zero attached hydrogens (tertiary/aromatic N) is 3. The van der Waals surface area contributed by atoms with E-state index in [2.05, 4.69) is 4.98 Å². The summed E-state index contributed by atoms with van der Waals surface area (Å²) in [5, 5.41) is 0.718. The lowest BCUT2D eigenvalue weighted by molar-refractivity contribution is -0.118. The number of benzene rings is 1. The van der Waals surface area contributed by atoms with E-state index in [9.17, 15) is 14.4 Å². The molecule has 32 heavy (non-hydrogen) atoms. The molecule has 0 saturated heterocycles. The van der Waals surface area contributed by atoms with Gasteiger partial charge in [0.25, 0.3) is 5.91 Å². The number of pyridine rings is 1. The Hall–Kier alpha value is -2.84. The lowest BCUT2D eigenvalue weighted by Crippen LogP contribution is -2.35. The first kappa shape index (κ1) is 23.8. The van der Waals surface area contributed by atoms with Crippen molar-refractivity contribution in [1.29, 1.82) is 0 Å². The van der Waals surface area contributed by atoms with Gasteiger partial charge in [0.2, 0.25) is 5.91 Å². The number of rotatable bonds is 4. The number of hydrogen-bond acceptors (Lipinski definition) is 5. The van der Waals surface area contributed by atoms with E-state index in [0.717, 1.165) is 0 Å². The molecule has 2 heterocycles. The summed E-state index contributed by atoms with van der Waals surface area (Å²) in [7, 11) is 1.54. The van der Waals surface area contributed by atoms with Gasteiger partial charge >= 0.3 is 6.09 Å². The Bertz CT molecular complexity index is 1130. The molecule has 0 aliphatic carbocycles. The molecule has 2 N–H and O–H groups in total. The van der Waals surface area contributed by atoms with Crippen LogP contribution in [0.2, 0.25) is 10.0 Å². The third-order valence-electron chi connectivity index (χ3n) is 4.81. The van der Waals surface area contributed by atoms with Crippen LogP contribution in [0.5, 0.6) is 0 Å². The average molecular weight is 479 g/mol. The van der Waals surface area contributed by atoms with Crippen LogP contribution >= 0.6 is 23.2 Å². The largest absolute Gasteiger partial charge is 0.443 e. The Kier molecular flexibility index (Phi) is 6.40. The van der Waals surface area contributed by atoms with Gasteiger partial charge in [-0.25, -0.2) is 4.79 Å². The Morgan fingerprint density at radius 3 is 2.47 bits per heavy atom. The second-order valence-electron chi connectivity index (χ2n) is 8.53. The first-order valence-corrected chi connectivity index (χ1v) is 10.6. The number of hydrogen-bond donors (Lipinski definition) is 1.